The molecule has 15 heavy (non-hydrogen) atoms. The summed E-state index contributed by atoms with van der Waals surface area (Å²) >= 11 is 0. The lowest BCUT2D eigenvalue weighted by molar-refractivity contribution is -0.136. The molecule has 2 N–H and O–H groups in total. The molecule has 1 atom stereocenters. The Kier molecular flexibility index (Phi) is 5.60. The van der Waals surface area contributed by atoms with Crippen molar-refractivity contribution in [3.05, 3.63) is 0 Å². The molecule has 1 heterocycles. The molecule has 0 aromatic rings. The van der Waals surface area contributed by atoms with Gasteiger partial charge in [0.1, 0.15) is 6.04 Å². The Morgan fingerprint density at radius 3 is 2.93 bits per heavy atom. The van der Waals surface area contributed by atoms with E-state index in [9.17, 15) is 4.79 Å². The summed E-state index contributed by atoms with van der Waals surface area (Å²) in [6.07, 6.45) is 0.902. The topological polar surface area (TPSA) is 61.8 Å². The van der Waals surface area contributed by atoms with Gasteiger partial charge < -0.3 is 20.1 Å². The molecular weight excluding hydrogens is 196 g/mol. The summed E-state index contributed by atoms with van der Waals surface area (Å²) in [5, 5.41) is 12.0. The second-order valence-corrected chi connectivity index (χ2v) is 3.63. The molecule has 5 heteroatoms. The van der Waals surface area contributed by atoms with Gasteiger partial charge >= 0.3 is 0 Å². The Morgan fingerprint density at radius 2 is 2.40 bits per heavy atom. The summed E-state index contributed by atoms with van der Waals surface area (Å²) in [4.78, 5) is 13.6. The summed E-state index contributed by atoms with van der Waals surface area (Å²) in [5.41, 5.74) is 0. The number of morpholine rings is 1. The Balaban J connectivity index is 2.45. The predicted octanol–water partition coefficient (Wildman–Crippen LogP) is -0.794. The molecule has 1 amide bonds. The van der Waals surface area contributed by atoms with Crippen LogP contribution in [0.1, 0.15) is 13.3 Å². The first-order valence-corrected chi connectivity index (χ1v) is 5.50. The van der Waals surface area contributed by atoms with Gasteiger partial charge in [0.25, 0.3) is 0 Å². The van der Waals surface area contributed by atoms with Crippen LogP contribution in [0.25, 0.3) is 0 Å². The zero-order valence-corrected chi connectivity index (χ0v) is 9.24. The molecule has 88 valence electrons. The second kappa shape index (κ2) is 6.76. The third kappa shape index (κ3) is 3.77. The van der Waals surface area contributed by atoms with Crippen molar-refractivity contribution in [3.8, 4) is 0 Å². The molecular formula is C10H20N2O3. The quantitative estimate of drug-likeness (QED) is 0.632. The SMILES string of the molecule is CCCN(CCO)C(=O)C1COCCN1. The van der Waals surface area contributed by atoms with Gasteiger partial charge in [0, 0.05) is 19.6 Å². The van der Waals surface area contributed by atoms with Gasteiger partial charge in [-0.25, -0.2) is 0 Å². The van der Waals surface area contributed by atoms with Gasteiger partial charge in [-0.2, -0.15) is 0 Å². The van der Waals surface area contributed by atoms with E-state index in [4.69, 9.17) is 9.84 Å². The summed E-state index contributed by atoms with van der Waals surface area (Å²) in [6.45, 7) is 4.95. The highest BCUT2D eigenvalue weighted by Gasteiger charge is 2.25. The lowest BCUT2D eigenvalue weighted by atomic mass is 10.2. The number of carbonyl (C=O) groups is 1. The molecule has 1 aliphatic rings. The maximum atomic E-state index is 12.0. The molecule has 0 radical (unpaired) electrons. The van der Waals surface area contributed by atoms with Crippen LogP contribution in [0.3, 0.4) is 0 Å². The van der Waals surface area contributed by atoms with E-state index in [1.807, 2.05) is 6.92 Å². The van der Waals surface area contributed by atoms with Crippen LogP contribution in [0.15, 0.2) is 0 Å². The zero-order chi connectivity index (χ0) is 11.1. The molecule has 0 bridgehead atoms. The van der Waals surface area contributed by atoms with Gasteiger partial charge in [0.05, 0.1) is 19.8 Å². The van der Waals surface area contributed by atoms with E-state index >= 15 is 0 Å². The lowest BCUT2D eigenvalue weighted by Gasteiger charge is -2.29. The number of hydrogen-bond donors (Lipinski definition) is 2. The van der Waals surface area contributed by atoms with Crippen LogP contribution in [0, 0.1) is 0 Å². The molecule has 1 unspecified atom stereocenters. The van der Waals surface area contributed by atoms with Gasteiger partial charge in [-0.15, -0.1) is 0 Å². The molecule has 0 aromatic carbocycles. The number of nitrogens with one attached hydrogen (secondary N) is 1. The van der Waals surface area contributed by atoms with Crippen LogP contribution >= 0.6 is 0 Å². The second-order valence-electron chi connectivity index (χ2n) is 3.63. The largest absolute Gasteiger partial charge is 0.395 e. The molecule has 0 spiro atoms. The van der Waals surface area contributed by atoms with Crippen LogP contribution in [-0.2, 0) is 9.53 Å². The fourth-order valence-electron chi connectivity index (χ4n) is 1.67. The fraction of sp³-hybridized carbons (Fsp3) is 0.900. The van der Waals surface area contributed by atoms with Gasteiger partial charge in [-0.05, 0) is 6.42 Å². The zero-order valence-electron chi connectivity index (χ0n) is 9.24. The van der Waals surface area contributed by atoms with Crippen molar-refractivity contribution >= 4 is 5.91 Å². The number of aliphatic hydroxyl groups excluding tert-OH is 1. The minimum atomic E-state index is -0.239. The number of hydrogen-bond acceptors (Lipinski definition) is 4. The maximum Gasteiger partial charge on any atom is 0.242 e. The van der Waals surface area contributed by atoms with Gasteiger partial charge in [0.15, 0.2) is 0 Å². The van der Waals surface area contributed by atoms with Crippen LogP contribution < -0.4 is 5.32 Å². The number of rotatable bonds is 5. The molecule has 1 saturated heterocycles. The fourth-order valence-corrected chi connectivity index (χ4v) is 1.67. The Morgan fingerprint density at radius 1 is 1.60 bits per heavy atom. The maximum absolute atomic E-state index is 12.0. The summed E-state index contributed by atoms with van der Waals surface area (Å²) in [7, 11) is 0. The van der Waals surface area contributed by atoms with Crippen molar-refractivity contribution in [2.75, 3.05) is 39.5 Å². The van der Waals surface area contributed by atoms with Crippen molar-refractivity contribution in [1.29, 1.82) is 0 Å². The molecule has 5 nitrogen and oxygen atoms in total. The average molecular weight is 216 g/mol. The van der Waals surface area contributed by atoms with Crippen LogP contribution in [0.4, 0.5) is 0 Å². The molecule has 1 fully saturated rings. The van der Waals surface area contributed by atoms with Gasteiger partial charge in [-0.3, -0.25) is 4.79 Å². The van der Waals surface area contributed by atoms with E-state index in [2.05, 4.69) is 5.32 Å². The van der Waals surface area contributed by atoms with Crippen molar-refractivity contribution in [2.45, 2.75) is 19.4 Å². The Bertz CT molecular complexity index is 187. The van der Waals surface area contributed by atoms with E-state index < -0.39 is 0 Å². The van der Waals surface area contributed by atoms with Crippen molar-refractivity contribution in [2.24, 2.45) is 0 Å². The first kappa shape index (κ1) is 12.4. The highest BCUT2D eigenvalue weighted by Crippen LogP contribution is 2.01. The van der Waals surface area contributed by atoms with Crippen LogP contribution in [-0.4, -0.2) is 61.4 Å². The van der Waals surface area contributed by atoms with Crippen molar-refractivity contribution < 1.29 is 14.6 Å². The average Bonchev–Trinajstić information content (AvgIpc) is 2.29. The van der Waals surface area contributed by atoms with E-state index in [-0.39, 0.29) is 18.6 Å². The summed E-state index contributed by atoms with van der Waals surface area (Å²) < 4.78 is 5.24. The molecule has 0 aliphatic carbocycles. The highest BCUT2D eigenvalue weighted by molar-refractivity contribution is 5.82. The first-order chi connectivity index (χ1) is 7.29. The van der Waals surface area contributed by atoms with Crippen LogP contribution in [0.2, 0.25) is 0 Å². The number of carbonyl (C=O) groups excluding carboxylic acids is 1. The van der Waals surface area contributed by atoms with Gasteiger partial charge in [0.2, 0.25) is 5.91 Å². The number of ether oxygens (including phenoxy) is 1. The third-order valence-electron chi connectivity index (χ3n) is 2.39. The van der Waals surface area contributed by atoms with E-state index in [0.717, 1.165) is 13.0 Å². The standard InChI is InChI=1S/C10H20N2O3/c1-2-4-12(5-6-13)10(14)9-8-15-7-3-11-9/h9,11,13H,2-8H2,1H3. The van der Waals surface area contributed by atoms with Crippen LogP contribution in [0.5, 0.6) is 0 Å². The highest BCUT2D eigenvalue weighted by atomic mass is 16.5. The minimum Gasteiger partial charge on any atom is -0.395 e. The smallest absolute Gasteiger partial charge is 0.242 e. The van der Waals surface area contributed by atoms with Crippen molar-refractivity contribution in [3.63, 3.8) is 0 Å². The minimum absolute atomic E-state index is 0.0132. The normalized spacial score (nSPS) is 21.3. The predicted molar refractivity (Wildman–Crippen MR) is 56.6 cm³/mol. The summed E-state index contributed by atoms with van der Waals surface area (Å²) in [6, 6.07) is -0.239. The molecule has 1 aliphatic heterocycles. The number of amides is 1. The lowest BCUT2D eigenvalue weighted by Crippen LogP contribution is -2.53. The Labute approximate surface area is 90.4 Å². The van der Waals surface area contributed by atoms with E-state index in [0.29, 0.717) is 26.3 Å². The van der Waals surface area contributed by atoms with Gasteiger partial charge in [-0.1, -0.05) is 6.92 Å². The third-order valence-corrected chi connectivity index (χ3v) is 2.39. The first-order valence-electron chi connectivity index (χ1n) is 5.50. The van der Waals surface area contributed by atoms with E-state index in [1.165, 1.54) is 0 Å². The van der Waals surface area contributed by atoms with E-state index in [1.54, 1.807) is 4.90 Å². The molecule has 1 rings (SSSR count). The number of aliphatic hydroxyl groups is 1. The Hall–Kier alpha value is -0.650. The van der Waals surface area contributed by atoms with Crippen molar-refractivity contribution in [1.82, 2.24) is 10.2 Å². The molecule has 0 saturated carbocycles. The molecule has 0 aromatic heterocycles. The monoisotopic (exact) mass is 216 g/mol. The number of nitrogens with zero attached hydrogens (tertiary/aromatic N) is 1. The summed E-state index contributed by atoms with van der Waals surface area (Å²) in [5.74, 6) is 0.0330.